The van der Waals surface area contributed by atoms with Gasteiger partial charge in [-0.3, -0.25) is 4.90 Å². The average molecular weight is 381 g/mol. The van der Waals surface area contributed by atoms with Gasteiger partial charge in [-0.2, -0.15) is 0 Å². The maximum atomic E-state index is 13.5. The number of benzene rings is 3. The molecule has 0 spiro atoms. The van der Waals surface area contributed by atoms with E-state index in [1.807, 2.05) is 42.5 Å². The summed E-state index contributed by atoms with van der Waals surface area (Å²) >= 11 is 0. The minimum absolute atomic E-state index is 0.182. The Morgan fingerprint density at radius 2 is 1.93 bits per heavy atom. The first-order valence-corrected chi connectivity index (χ1v) is 9.56. The summed E-state index contributed by atoms with van der Waals surface area (Å²) in [5, 5.41) is 12.7. The lowest BCUT2D eigenvalue weighted by molar-refractivity contribution is -0.0460. The predicted octanol–water partition coefficient (Wildman–Crippen LogP) is 3.79. The molecule has 0 amide bonds. The quantitative estimate of drug-likeness (QED) is 0.705. The summed E-state index contributed by atoms with van der Waals surface area (Å²) in [5.41, 5.74) is 0.826. The molecule has 3 aromatic rings. The molecule has 2 atom stereocenters. The van der Waals surface area contributed by atoms with Gasteiger partial charge in [0.1, 0.15) is 24.3 Å². The fourth-order valence-corrected chi connectivity index (χ4v) is 3.58. The van der Waals surface area contributed by atoms with Crippen molar-refractivity contribution >= 4 is 10.8 Å². The number of hydrogen-bond acceptors (Lipinski definition) is 4. The van der Waals surface area contributed by atoms with Crippen molar-refractivity contribution in [1.29, 1.82) is 0 Å². The molecule has 4 nitrogen and oxygen atoms in total. The first-order valence-electron chi connectivity index (χ1n) is 9.56. The van der Waals surface area contributed by atoms with Gasteiger partial charge in [-0.25, -0.2) is 4.39 Å². The third-order valence-corrected chi connectivity index (χ3v) is 5.00. The van der Waals surface area contributed by atoms with E-state index in [1.165, 1.54) is 12.1 Å². The monoisotopic (exact) mass is 381 g/mol. The summed E-state index contributed by atoms with van der Waals surface area (Å²) in [4.78, 5) is 2.13. The van der Waals surface area contributed by atoms with E-state index in [-0.39, 0.29) is 18.5 Å². The highest BCUT2D eigenvalue weighted by molar-refractivity contribution is 5.83. The lowest BCUT2D eigenvalue weighted by Gasteiger charge is -2.34. The highest BCUT2D eigenvalue weighted by Crippen LogP contribution is 2.23. The number of morpholine rings is 1. The van der Waals surface area contributed by atoms with Crippen LogP contribution in [0.2, 0.25) is 0 Å². The van der Waals surface area contributed by atoms with Crippen molar-refractivity contribution in [2.75, 3.05) is 32.8 Å². The zero-order valence-electron chi connectivity index (χ0n) is 15.6. The second-order valence-corrected chi connectivity index (χ2v) is 7.15. The van der Waals surface area contributed by atoms with E-state index >= 15 is 0 Å². The minimum atomic E-state index is -0.613. The Hall–Kier alpha value is -2.47. The van der Waals surface area contributed by atoms with Crippen LogP contribution in [0.25, 0.3) is 10.8 Å². The van der Waals surface area contributed by atoms with Crippen LogP contribution in [0, 0.1) is 5.82 Å². The van der Waals surface area contributed by atoms with Gasteiger partial charge >= 0.3 is 0 Å². The third-order valence-electron chi connectivity index (χ3n) is 5.00. The van der Waals surface area contributed by atoms with Crippen molar-refractivity contribution in [3.63, 3.8) is 0 Å². The summed E-state index contributed by atoms with van der Waals surface area (Å²) in [7, 11) is 0. The topological polar surface area (TPSA) is 41.9 Å². The number of β-amino-alcohol motifs (C(OH)–C–C–N with tert-alkyl or cyclic N) is 1. The molecule has 1 heterocycles. The molecule has 3 aromatic carbocycles. The molecule has 1 N–H and O–H groups in total. The van der Waals surface area contributed by atoms with Crippen molar-refractivity contribution in [2.24, 2.45) is 0 Å². The molecule has 0 aromatic heterocycles. The van der Waals surface area contributed by atoms with Gasteiger partial charge in [0.05, 0.1) is 12.7 Å². The summed E-state index contributed by atoms with van der Waals surface area (Å²) in [6.45, 7) is 2.62. The Labute approximate surface area is 164 Å². The largest absolute Gasteiger partial charge is 0.491 e. The van der Waals surface area contributed by atoms with E-state index in [4.69, 9.17) is 9.47 Å². The number of hydrogen-bond donors (Lipinski definition) is 1. The van der Waals surface area contributed by atoms with E-state index in [0.29, 0.717) is 19.7 Å². The number of aliphatic hydroxyl groups is 1. The summed E-state index contributed by atoms with van der Waals surface area (Å²) in [5.74, 6) is 0.486. The lowest BCUT2D eigenvalue weighted by Crippen LogP contribution is -2.43. The number of ether oxygens (including phenoxy) is 2. The zero-order chi connectivity index (χ0) is 19.3. The van der Waals surface area contributed by atoms with Crippen LogP contribution in [-0.2, 0) is 4.74 Å². The molecule has 1 aliphatic heterocycles. The van der Waals surface area contributed by atoms with Gasteiger partial charge in [-0.15, -0.1) is 0 Å². The second kappa shape index (κ2) is 8.69. The Morgan fingerprint density at radius 3 is 2.79 bits per heavy atom. The van der Waals surface area contributed by atoms with E-state index in [2.05, 4.69) is 11.0 Å². The van der Waals surface area contributed by atoms with Crippen LogP contribution in [0.4, 0.5) is 4.39 Å². The van der Waals surface area contributed by atoms with Crippen molar-refractivity contribution in [2.45, 2.75) is 12.2 Å². The number of aliphatic hydroxyl groups excluding tert-OH is 1. The van der Waals surface area contributed by atoms with Gasteiger partial charge in [-0.1, -0.05) is 42.5 Å². The van der Waals surface area contributed by atoms with Crippen molar-refractivity contribution in [1.82, 2.24) is 4.90 Å². The molecule has 4 rings (SSSR count). The highest BCUT2D eigenvalue weighted by Gasteiger charge is 2.24. The zero-order valence-corrected chi connectivity index (χ0v) is 15.6. The smallest absolute Gasteiger partial charge is 0.123 e. The fraction of sp³-hybridized carbons (Fsp3) is 0.304. The summed E-state index contributed by atoms with van der Waals surface area (Å²) < 4.78 is 25.0. The number of fused-ring (bicyclic) bond motifs is 1. The summed E-state index contributed by atoms with van der Waals surface area (Å²) in [6.07, 6.45) is -0.796. The van der Waals surface area contributed by atoms with Crippen molar-refractivity contribution in [3.05, 3.63) is 78.1 Å². The molecule has 1 fully saturated rings. The number of nitrogens with zero attached hydrogens (tertiary/aromatic N) is 1. The third kappa shape index (κ3) is 4.68. The molecule has 1 aliphatic rings. The number of rotatable bonds is 6. The fourth-order valence-electron chi connectivity index (χ4n) is 3.58. The lowest BCUT2D eigenvalue weighted by atomic mass is 10.1. The molecule has 5 heteroatoms. The SMILES string of the molecule is OC(COc1ccc2ccccc2c1)CN1CCOC(c2cccc(F)c2)C1. The Balaban J connectivity index is 1.30. The van der Waals surface area contributed by atoms with Gasteiger partial charge in [0.15, 0.2) is 0 Å². The van der Waals surface area contributed by atoms with Crippen LogP contribution in [0.15, 0.2) is 66.7 Å². The molecule has 0 aliphatic carbocycles. The first kappa shape index (κ1) is 18.9. The van der Waals surface area contributed by atoms with Gasteiger partial charge in [0, 0.05) is 19.6 Å². The Kier molecular flexibility index (Phi) is 5.86. The Bertz CT molecular complexity index is 932. The normalized spacial score (nSPS) is 18.9. The van der Waals surface area contributed by atoms with E-state index in [1.54, 1.807) is 6.07 Å². The molecule has 146 valence electrons. The molecule has 0 bridgehead atoms. The maximum absolute atomic E-state index is 13.5. The van der Waals surface area contributed by atoms with Crippen molar-refractivity contribution < 1.29 is 19.0 Å². The maximum Gasteiger partial charge on any atom is 0.123 e. The highest BCUT2D eigenvalue weighted by atomic mass is 19.1. The van der Waals surface area contributed by atoms with Crippen LogP contribution < -0.4 is 4.74 Å². The second-order valence-electron chi connectivity index (χ2n) is 7.15. The first-order chi connectivity index (χ1) is 13.7. The average Bonchev–Trinajstić information content (AvgIpc) is 2.72. The minimum Gasteiger partial charge on any atom is -0.491 e. The van der Waals surface area contributed by atoms with Gasteiger partial charge in [-0.05, 0) is 40.6 Å². The predicted molar refractivity (Wildman–Crippen MR) is 107 cm³/mol. The standard InChI is InChI=1S/C23H24FNO3/c24-20-7-3-6-19(12-20)23-15-25(10-11-27-23)14-21(26)16-28-22-9-8-17-4-1-2-5-18(17)13-22/h1-9,12-13,21,23,26H,10-11,14-16H2. The summed E-state index contributed by atoms with van der Waals surface area (Å²) in [6, 6.07) is 20.5. The molecule has 0 radical (unpaired) electrons. The molecule has 0 saturated carbocycles. The van der Waals surface area contributed by atoms with Gasteiger partial charge in [0.25, 0.3) is 0 Å². The van der Waals surface area contributed by atoms with Crippen LogP contribution in [0.3, 0.4) is 0 Å². The van der Waals surface area contributed by atoms with Crippen LogP contribution >= 0.6 is 0 Å². The van der Waals surface area contributed by atoms with Crippen LogP contribution in [0.5, 0.6) is 5.75 Å². The molecule has 2 unspecified atom stereocenters. The molecule has 1 saturated heterocycles. The molecular weight excluding hydrogens is 357 g/mol. The Morgan fingerprint density at radius 1 is 1.07 bits per heavy atom. The van der Waals surface area contributed by atoms with E-state index in [9.17, 15) is 9.50 Å². The van der Waals surface area contributed by atoms with Gasteiger partial charge < -0.3 is 14.6 Å². The van der Waals surface area contributed by atoms with Crippen LogP contribution in [0.1, 0.15) is 11.7 Å². The van der Waals surface area contributed by atoms with Crippen LogP contribution in [-0.4, -0.2) is 49.0 Å². The van der Waals surface area contributed by atoms with E-state index in [0.717, 1.165) is 28.6 Å². The molecular formula is C23H24FNO3. The number of halogens is 1. The van der Waals surface area contributed by atoms with Crippen molar-refractivity contribution in [3.8, 4) is 5.75 Å². The van der Waals surface area contributed by atoms with E-state index < -0.39 is 6.10 Å². The molecule has 28 heavy (non-hydrogen) atoms. The van der Waals surface area contributed by atoms with Gasteiger partial charge in [0.2, 0.25) is 0 Å².